The number of hydroxylamine groups is 2. The quantitative estimate of drug-likeness (QED) is 0.0253. The van der Waals surface area contributed by atoms with E-state index < -0.39 is 48.2 Å². The number of esters is 3. The molecule has 58 heavy (non-hydrogen) atoms. The second-order valence-electron chi connectivity index (χ2n) is 16.4. The zero-order valence-corrected chi connectivity index (χ0v) is 37.0. The highest BCUT2D eigenvalue weighted by atomic mass is 16.7. The van der Waals surface area contributed by atoms with Crippen molar-refractivity contribution < 1.29 is 47.8 Å². The number of hydrogen-bond donors (Lipinski definition) is 0. The minimum Gasteiger partial charge on any atom is -0.462 e. The van der Waals surface area contributed by atoms with Crippen molar-refractivity contribution in [3.05, 3.63) is 0 Å². The van der Waals surface area contributed by atoms with Gasteiger partial charge in [0.2, 0.25) is 0 Å². The molecule has 336 valence electrons. The van der Waals surface area contributed by atoms with Crippen LogP contribution in [-0.4, -0.2) is 60.1 Å². The molecule has 1 rings (SSSR count). The average Bonchev–Trinajstić information content (AvgIpc) is 3.53. The molecule has 0 aliphatic carbocycles. The molecular formula is C47H83NO10. The molecule has 0 N–H and O–H groups in total. The summed E-state index contributed by atoms with van der Waals surface area (Å²) in [5.41, 5.74) is 0. The fourth-order valence-corrected chi connectivity index (χ4v) is 7.17. The summed E-state index contributed by atoms with van der Waals surface area (Å²) in [7, 11) is 0. The highest BCUT2D eigenvalue weighted by Crippen LogP contribution is 2.17. The van der Waals surface area contributed by atoms with Crippen LogP contribution in [0.2, 0.25) is 0 Å². The molecule has 1 atom stereocenters. The minimum atomic E-state index is -0.982. The first kappa shape index (κ1) is 53.0. The van der Waals surface area contributed by atoms with Gasteiger partial charge in [-0.15, -0.1) is 5.06 Å². The van der Waals surface area contributed by atoms with Crippen molar-refractivity contribution in [2.45, 2.75) is 251 Å². The highest BCUT2D eigenvalue weighted by Gasteiger charge is 2.33. The van der Waals surface area contributed by atoms with Crippen LogP contribution in [0.5, 0.6) is 0 Å². The number of unbranched alkanes of at least 4 members (excludes halogenated alkanes) is 28. The zero-order valence-electron chi connectivity index (χ0n) is 37.0. The van der Waals surface area contributed by atoms with Gasteiger partial charge in [-0.25, -0.2) is 4.79 Å². The molecule has 2 amide bonds. The normalized spacial score (nSPS) is 13.2. The van der Waals surface area contributed by atoms with Gasteiger partial charge >= 0.3 is 23.9 Å². The lowest BCUT2D eigenvalue weighted by Gasteiger charge is -2.18. The predicted octanol–water partition coefficient (Wildman–Crippen LogP) is 11.9. The number of ether oxygens (including phenoxy) is 3. The summed E-state index contributed by atoms with van der Waals surface area (Å²) in [6.45, 7) is 3.93. The van der Waals surface area contributed by atoms with Gasteiger partial charge in [-0.05, 0) is 12.8 Å². The van der Waals surface area contributed by atoms with Gasteiger partial charge in [0.1, 0.15) is 13.2 Å². The average molecular weight is 822 g/mol. The Hall–Kier alpha value is -2.98. The van der Waals surface area contributed by atoms with E-state index in [4.69, 9.17) is 19.0 Å². The predicted molar refractivity (Wildman–Crippen MR) is 227 cm³/mol. The fourth-order valence-electron chi connectivity index (χ4n) is 7.17. The van der Waals surface area contributed by atoms with Crippen LogP contribution in [0.4, 0.5) is 0 Å². The molecule has 0 aromatic rings. The van der Waals surface area contributed by atoms with E-state index in [-0.39, 0.29) is 45.3 Å². The summed E-state index contributed by atoms with van der Waals surface area (Å²) in [4.78, 5) is 77.9. The Balaban J connectivity index is 2.30. The number of nitrogens with zero attached hydrogens (tertiary/aromatic N) is 1. The summed E-state index contributed by atoms with van der Waals surface area (Å²) >= 11 is 0. The monoisotopic (exact) mass is 822 g/mol. The van der Waals surface area contributed by atoms with E-state index in [2.05, 4.69) is 13.8 Å². The first-order valence-electron chi connectivity index (χ1n) is 23.8. The van der Waals surface area contributed by atoms with Crippen molar-refractivity contribution in [1.82, 2.24) is 5.06 Å². The van der Waals surface area contributed by atoms with Crippen molar-refractivity contribution in [2.75, 3.05) is 13.2 Å². The van der Waals surface area contributed by atoms with Crippen LogP contribution in [0, 0.1) is 0 Å². The summed E-state index contributed by atoms with van der Waals surface area (Å²) in [5.74, 6) is -3.73. The molecule has 0 bridgehead atoms. The van der Waals surface area contributed by atoms with Crippen molar-refractivity contribution in [1.29, 1.82) is 0 Å². The van der Waals surface area contributed by atoms with Crippen LogP contribution in [0.3, 0.4) is 0 Å². The van der Waals surface area contributed by atoms with Gasteiger partial charge in [0.05, 0.1) is 12.8 Å². The number of carbonyl (C=O) groups is 6. The lowest BCUT2D eigenvalue weighted by molar-refractivity contribution is -0.197. The Morgan fingerprint density at radius 2 is 0.707 bits per heavy atom. The van der Waals surface area contributed by atoms with E-state index in [1.54, 1.807) is 0 Å². The Bertz CT molecular complexity index is 1080. The van der Waals surface area contributed by atoms with Crippen molar-refractivity contribution >= 4 is 35.7 Å². The third-order valence-corrected chi connectivity index (χ3v) is 10.9. The van der Waals surface area contributed by atoms with Crippen molar-refractivity contribution in [2.24, 2.45) is 0 Å². The highest BCUT2D eigenvalue weighted by molar-refractivity contribution is 6.01. The summed E-state index contributed by atoms with van der Waals surface area (Å²) in [6.07, 6.45) is 35.6. The molecule has 1 aliphatic heterocycles. The maximum atomic E-state index is 12.7. The van der Waals surface area contributed by atoms with Gasteiger partial charge in [-0.2, -0.15) is 0 Å². The minimum absolute atomic E-state index is 0.0300. The molecule has 0 aromatic carbocycles. The number of hydrogen-bond acceptors (Lipinski definition) is 10. The third-order valence-electron chi connectivity index (χ3n) is 10.9. The molecule has 0 spiro atoms. The maximum absolute atomic E-state index is 12.7. The van der Waals surface area contributed by atoms with Crippen molar-refractivity contribution in [3.8, 4) is 0 Å². The topological polar surface area (TPSA) is 143 Å². The molecule has 1 heterocycles. The van der Waals surface area contributed by atoms with E-state index in [0.717, 1.165) is 38.5 Å². The Kier molecular flexibility index (Phi) is 35.0. The SMILES string of the molecule is CCCCCCCCCCCCCCCCCC(=O)OC[C@H](COC(=O)CCC(=O)ON1C(=O)CCC1=O)OC(=O)CCCCCCCCCCCCCCCCC. The molecule has 1 fully saturated rings. The number of rotatable bonds is 41. The molecule has 11 nitrogen and oxygen atoms in total. The van der Waals surface area contributed by atoms with Gasteiger partial charge in [0.15, 0.2) is 6.10 Å². The van der Waals surface area contributed by atoms with E-state index in [1.165, 1.54) is 148 Å². The van der Waals surface area contributed by atoms with Gasteiger partial charge in [-0.1, -0.05) is 194 Å². The van der Waals surface area contributed by atoms with Crippen molar-refractivity contribution in [3.63, 3.8) is 0 Å². The van der Waals surface area contributed by atoms with Gasteiger partial charge in [0.25, 0.3) is 11.8 Å². The first-order valence-corrected chi connectivity index (χ1v) is 23.8. The fraction of sp³-hybridized carbons (Fsp3) is 0.872. The lowest BCUT2D eigenvalue weighted by Crippen LogP contribution is -2.32. The van der Waals surface area contributed by atoms with Gasteiger partial charge < -0.3 is 19.0 Å². The molecule has 1 aliphatic rings. The van der Waals surface area contributed by atoms with Crippen LogP contribution >= 0.6 is 0 Å². The van der Waals surface area contributed by atoms with Crippen LogP contribution < -0.4 is 0 Å². The molecule has 0 radical (unpaired) electrons. The Labute approximate surface area is 352 Å². The largest absolute Gasteiger partial charge is 0.462 e. The van der Waals surface area contributed by atoms with Crippen LogP contribution in [-0.2, 0) is 47.8 Å². The number of imide groups is 1. The van der Waals surface area contributed by atoms with E-state index in [1.807, 2.05) is 0 Å². The second-order valence-corrected chi connectivity index (χ2v) is 16.4. The van der Waals surface area contributed by atoms with Gasteiger partial charge in [0, 0.05) is 25.7 Å². The second kappa shape index (κ2) is 38.2. The van der Waals surface area contributed by atoms with E-state index in [0.29, 0.717) is 11.5 Å². The molecule has 0 aromatic heterocycles. The van der Waals surface area contributed by atoms with Gasteiger partial charge in [-0.3, -0.25) is 24.0 Å². The molecule has 0 unspecified atom stereocenters. The number of carbonyl (C=O) groups excluding carboxylic acids is 6. The van der Waals surface area contributed by atoms with E-state index >= 15 is 0 Å². The van der Waals surface area contributed by atoms with Crippen LogP contribution in [0.25, 0.3) is 0 Å². The number of amides is 2. The maximum Gasteiger partial charge on any atom is 0.333 e. The molecule has 11 heteroatoms. The summed E-state index contributed by atoms with van der Waals surface area (Å²) in [5, 5.41) is 0.426. The zero-order chi connectivity index (χ0) is 42.3. The Morgan fingerprint density at radius 3 is 1.07 bits per heavy atom. The summed E-state index contributed by atoms with van der Waals surface area (Å²) < 4.78 is 16.3. The van der Waals surface area contributed by atoms with Crippen LogP contribution in [0.15, 0.2) is 0 Å². The standard InChI is InChI=1S/C47H83NO10/c1-3-5-7-9-11-13-15-17-19-21-23-25-27-29-31-33-44(51)55-39-41(40-56-45(52)37-38-47(54)58-48-42(49)35-36-43(48)50)57-46(53)34-32-30-28-26-24-22-20-18-16-14-12-10-8-6-4-2/h41H,3-40H2,1-2H3/t41-/m1/s1. The molecular weight excluding hydrogens is 739 g/mol. The molecule has 0 saturated carbocycles. The molecule has 1 saturated heterocycles. The van der Waals surface area contributed by atoms with Crippen LogP contribution in [0.1, 0.15) is 245 Å². The lowest BCUT2D eigenvalue weighted by atomic mass is 10.0. The summed E-state index contributed by atoms with van der Waals surface area (Å²) in [6, 6.07) is 0. The smallest absolute Gasteiger partial charge is 0.333 e. The first-order chi connectivity index (χ1) is 28.3. The Morgan fingerprint density at radius 1 is 0.414 bits per heavy atom. The third kappa shape index (κ3) is 31.9. The van der Waals surface area contributed by atoms with E-state index in [9.17, 15) is 28.8 Å².